The third-order valence-corrected chi connectivity index (χ3v) is 1.57. The minimum Gasteiger partial charge on any atom is -0.267 e. The molecule has 0 aliphatic rings. The van der Waals surface area contributed by atoms with Crippen LogP contribution >= 0.6 is 0 Å². The summed E-state index contributed by atoms with van der Waals surface area (Å²) in [4.78, 5) is 15.1. The van der Waals surface area contributed by atoms with E-state index in [1.807, 2.05) is 6.92 Å². The molecule has 2 aromatic rings. The lowest BCUT2D eigenvalue weighted by atomic mass is 10.3. The molecule has 0 unspecified atom stereocenters. The second kappa shape index (κ2) is 2.37. The van der Waals surface area contributed by atoms with Gasteiger partial charge in [-0.15, -0.1) is 5.10 Å². The van der Waals surface area contributed by atoms with Crippen molar-refractivity contribution >= 4 is 10.9 Å². The molecule has 0 amide bonds. The summed E-state index contributed by atoms with van der Waals surface area (Å²) in [6.07, 6.45) is 1.53. The lowest BCUT2D eigenvalue weighted by Crippen LogP contribution is -2.10. The van der Waals surface area contributed by atoms with Crippen molar-refractivity contribution < 1.29 is 0 Å². The Bertz CT molecular complexity index is 476. The van der Waals surface area contributed by atoms with Gasteiger partial charge in [-0.3, -0.25) is 9.78 Å². The van der Waals surface area contributed by atoms with E-state index < -0.39 is 0 Å². The molecule has 0 spiro atoms. The highest BCUT2D eigenvalue weighted by Gasteiger charge is 1.99. The van der Waals surface area contributed by atoms with Crippen LogP contribution in [0.2, 0.25) is 0 Å². The number of hydrogen-bond acceptors (Lipinski definition) is 4. The number of pyridine rings is 1. The van der Waals surface area contributed by atoms with Gasteiger partial charge in [-0.05, 0) is 13.0 Å². The summed E-state index contributed by atoms with van der Waals surface area (Å²) in [6, 6.07) is 1.68. The van der Waals surface area contributed by atoms with Crippen LogP contribution in [0.5, 0.6) is 0 Å². The Morgan fingerprint density at radius 2 is 2.33 bits per heavy atom. The molecule has 0 fully saturated rings. The van der Waals surface area contributed by atoms with Crippen molar-refractivity contribution in [3.05, 3.63) is 28.3 Å². The molecule has 2 heterocycles. The molecular weight excluding hydrogens is 156 g/mol. The van der Waals surface area contributed by atoms with E-state index in [-0.39, 0.29) is 5.56 Å². The molecule has 0 saturated carbocycles. The van der Waals surface area contributed by atoms with Gasteiger partial charge in [0.1, 0.15) is 5.52 Å². The van der Waals surface area contributed by atoms with Gasteiger partial charge in [0, 0.05) is 5.69 Å². The van der Waals surface area contributed by atoms with Crippen molar-refractivity contribution in [3.8, 4) is 0 Å². The summed E-state index contributed by atoms with van der Waals surface area (Å²) in [7, 11) is 0. The van der Waals surface area contributed by atoms with Crippen LogP contribution in [0.3, 0.4) is 0 Å². The Kier molecular flexibility index (Phi) is 1.36. The highest BCUT2D eigenvalue weighted by atomic mass is 16.1. The maximum Gasteiger partial charge on any atom is 0.275 e. The molecule has 1 N–H and O–H groups in total. The Morgan fingerprint density at radius 1 is 1.50 bits per heavy atom. The van der Waals surface area contributed by atoms with Crippen molar-refractivity contribution in [1.29, 1.82) is 0 Å². The second-order valence-corrected chi connectivity index (χ2v) is 2.48. The molecule has 2 rings (SSSR count). The molecular formula is C7H6N4O. The van der Waals surface area contributed by atoms with Gasteiger partial charge in [-0.25, -0.2) is 5.10 Å². The number of hydrogen-bond donors (Lipinski definition) is 1. The maximum absolute atomic E-state index is 11.1. The predicted molar refractivity (Wildman–Crippen MR) is 42.7 cm³/mol. The maximum atomic E-state index is 11.1. The largest absolute Gasteiger partial charge is 0.275 e. The Labute approximate surface area is 67.5 Å². The molecule has 0 aliphatic heterocycles. The van der Waals surface area contributed by atoms with E-state index in [9.17, 15) is 4.79 Å². The number of aromatic amines is 1. The molecule has 0 radical (unpaired) electrons. The van der Waals surface area contributed by atoms with Crippen molar-refractivity contribution in [3.63, 3.8) is 0 Å². The fourth-order valence-corrected chi connectivity index (χ4v) is 0.999. The quantitative estimate of drug-likeness (QED) is 0.592. The van der Waals surface area contributed by atoms with E-state index in [2.05, 4.69) is 20.4 Å². The van der Waals surface area contributed by atoms with Crippen LogP contribution < -0.4 is 5.56 Å². The smallest absolute Gasteiger partial charge is 0.267 e. The molecule has 0 bridgehead atoms. The fraction of sp³-hybridized carbons (Fsp3) is 0.143. The number of aryl methyl sites for hydroxylation is 1. The number of aromatic nitrogens is 4. The van der Waals surface area contributed by atoms with E-state index in [0.29, 0.717) is 10.9 Å². The summed E-state index contributed by atoms with van der Waals surface area (Å²) >= 11 is 0. The Balaban J connectivity index is 2.98. The summed E-state index contributed by atoms with van der Waals surface area (Å²) in [5, 5.41) is 9.91. The van der Waals surface area contributed by atoms with Gasteiger partial charge in [0.15, 0.2) is 0 Å². The second-order valence-electron chi connectivity index (χ2n) is 2.48. The molecule has 2 aromatic heterocycles. The molecule has 12 heavy (non-hydrogen) atoms. The third-order valence-electron chi connectivity index (χ3n) is 1.57. The SMILES string of the molecule is Cc1cc2c(=O)[nH]nnc2cn1. The van der Waals surface area contributed by atoms with E-state index in [1.54, 1.807) is 6.07 Å². The number of rotatable bonds is 0. The first-order valence-corrected chi connectivity index (χ1v) is 3.45. The van der Waals surface area contributed by atoms with Crippen LogP contribution in [-0.4, -0.2) is 20.4 Å². The highest BCUT2D eigenvalue weighted by Crippen LogP contribution is 2.03. The number of nitrogens with zero attached hydrogens (tertiary/aromatic N) is 3. The van der Waals surface area contributed by atoms with Gasteiger partial charge in [0.2, 0.25) is 0 Å². The lowest BCUT2D eigenvalue weighted by molar-refractivity contribution is 0.869. The van der Waals surface area contributed by atoms with Crippen molar-refractivity contribution in [1.82, 2.24) is 20.4 Å². The average molecular weight is 162 g/mol. The van der Waals surface area contributed by atoms with E-state index in [0.717, 1.165) is 5.69 Å². The van der Waals surface area contributed by atoms with Crippen LogP contribution in [0, 0.1) is 6.92 Å². The van der Waals surface area contributed by atoms with Gasteiger partial charge in [-0.2, -0.15) is 0 Å². The zero-order valence-electron chi connectivity index (χ0n) is 6.40. The van der Waals surface area contributed by atoms with E-state index >= 15 is 0 Å². The standard InChI is InChI=1S/C7H6N4O/c1-4-2-5-6(3-8-4)9-11-10-7(5)12/h2-3H,1H3,(H,9,10,12). The number of H-pyrrole nitrogens is 1. The molecule has 0 saturated heterocycles. The van der Waals surface area contributed by atoms with Gasteiger partial charge in [0.25, 0.3) is 5.56 Å². The number of nitrogens with one attached hydrogen (secondary N) is 1. The summed E-state index contributed by atoms with van der Waals surface area (Å²) in [6.45, 7) is 1.82. The molecule has 5 heteroatoms. The Hall–Kier alpha value is -1.78. The third kappa shape index (κ3) is 0.952. The van der Waals surface area contributed by atoms with Crippen LogP contribution in [0.1, 0.15) is 5.69 Å². The Morgan fingerprint density at radius 3 is 3.17 bits per heavy atom. The van der Waals surface area contributed by atoms with Crippen molar-refractivity contribution in [2.45, 2.75) is 6.92 Å². The van der Waals surface area contributed by atoms with Crippen LogP contribution in [0.25, 0.3) is 10.9 Å². The summed E-state index contributed by atoms with van der Waals surface area (Å²) in [5.41, 5.74) is 1.08. The molecule has 0 aromatic carbocycles. The molecule has 5 nitrogen and oxygen atoms in total. The van der Waals surface area contributed by atoms with Crippen LogP contribution in [0.15, 0.2) is 17.1 Å². The van der Waals surface area contributed by atoms with Gasteiger partial charge in [-0.1, -0.05) is 5.21 Å². The van der Waals surface area contributed by atoms with E-state index in [1.165, 1.54) is 6.20 Å². The minimum absolute atomic E-state index is 0.231. The summed E-state index contributed by atoms with van der Waals surface area (Å²) in [5.74, 6) is 0. The van der Waals surface area contributed by atoms with Crippen molar-refractivity contribution in [2.75, 3.05) is 0 Å². The zero-order valence-corrected chi connectivity index (χ0v) is 6.40. The minimum atomic E-state index is -0.231. The predicted octanol–water partition coefficient (Wildman–Crippen LogP) is 0.0215. The topological polar surface area (TPSA) is 71.5 Å². The van der Waals surface area contributed by atoms with Crippen molar-refractivity contribution in [2.24, 2.45) is 0 Å². The molecule has 0 atom stereocenters. The van der Waals surface area contributed by atoms with Gasteiger partial charge in [0.05, 0.1) is 11.6 Å². The normalized spacial score (nSPS) is 10.4. The average Bonchev–Trinajstić information content (AvgIpc) is 2.07. The lowest BCUT2D eigenvalue weighted by Gasteiger charge is -1.93. The van der Waals surface area contributed by atoms with E-state index in [4.69, 9.17) is 0 Å². The van der Waals surface area contributed by atoms with Crippen LogP contribution in [-0.2, 0) is 0 Å². The molecule has 60 valence electrons. The van der Waals surface area contributed by atoms with Crippen LogP contribution in [0.4, 0.5) is 0 Å². The summed E-state index contributed by atoms with van der Waals surface area (Å²) < 4.78 is 0. The first kappa shape index (κ1) is 6.90. The highest BCUT2D eigenvalue weighted by molar-refractivity contribution is 5.75. The monoisotopic (exact) mass is 162 g/mol. The first-order valence-electron chi connectivity index (χ1n) is 3.45. The fourth-order valence-electron chi connectivity index (χ4n) is 0.999. The first-order chi connectivity index (χ1) is 5.77. The van der Waals surface area contributed by atoms with Gasteiger partial charge < -0.3 is 0 Å². The zero-order chi connectivity index (χ0) is 8.55. The van der Waals surface area contributed by atoms with Gasteiger partial charge >= 0.3 is 0 Å². The molecule has 0 aliphatic carbocycles. The number of fused-ring (bicyclic) bond motifs is 1.